The number of nitrogens with one attached hydrogen (secondary N) is 1. The Morgan fingerprint density at radius 2 is 2.09 bits per heavy atom. The average Bonchev–Trinajstić information content (AvgIpc) is 2.94. The van der Waals surface area contributed by atoms with Gasteiger partial charge in [0.1, 0.15) is 5.82 Å². The van der Waals surface area contributed by atoms with Gasteiger partial charge in [0.15, 0.2) is 5.13 Å². The molecule has 1 aromatic heterocycles. The van der Waals surface area contributed by atoms with Crippen molar-refractivity contribution < 1.29 is 9.18 Å². The van der Waals surface area contributed by atoms with Gasteiger partial charge in [0.05, 0.1) is 0 Å². The van der Waals surface area contributed by atoms with Crippen molar-refractivity contribution >= 4 is 22.4 Å². The minimum Gasteiger partial charge on any atom is -0.330 e. The third kappa shape index (κ3) is 6.46. The Hall–Kier alpha value is -1.79. The first kappa shape index (κ1) is 17.6. The third-order valence-electron chi connectivity index (χ3n) is 3.43. The SMILES string of the molecule is NCCCCCCC(=O)Nc1ncc(Cc2cccc(F)c2)s1. The molecule has 0 unspecified atom stereocenters. The summed E-state index contributed by atoms with van der Waals surface area (Å²) in [7, 11) is 0. The molecule has 23 heavy (non-hydrogen) atoms. The van der Waals surface area contributed by atoms with E-state index in [0.717, 1.165) is 36.1 Å². The number of nitrogens with zero attached hydrogens (tertiary/aromatic N) is 1. The van der Waals surface area contributed by atoms with Gasteiger partial charge < -0.3 is 11.1 Å². The Bertz CT molecular complexity index is 630. The Labute approximate surface area is 139 Å². The summed E-state index contributed by atoms with van der Waals surface area (Å²) < 4.78 is 13.2. The molecule has 0 aliphatic rings. The van der Waals surface area contributed by atoms with Gasteiger partial charge in [-0.25, -0.2) is 9.37 Å². The molecule has 3 N–H and O–H groups in total. The van der Waals surface area contributed by atoms with E-state index in [9.17, 15) is 9.18 Å². The van der Waals surface area contributed by atoms with Gasteiger partial charge in [-0.1, -0.05) is 25.0 Å². The number of thiazole rings is 1. The molecule has 124 valence electrons. The molecule has 2 rings (SSSR count). The Kier molecular flexibility index (Phi) is 7.16. The van der Waals surface area contributed by atoms with Gasteiger partial charge in [-0.3, -0.25) is 4.79 Å². The highest BCUT2D eigenvalue weighted by molar-refractivity contribution is 7.15. The average molecular weight is 335 g/mol. The number of benzene rings is 1. The van der Waals surface area contributed by atoms with Crippen LogP contribution in [0.4, 0.5) is 9.52 Å². The van der Waals surface area contributed by atoms with Crippen LogP contribution in [0.3, 0.4) is 0 Å². The Balaban J connectivity index is 1.77. The smallest absolute Gasteiger partial charge is 0.226 e. The van der Waals surface area contributed by atoms with Crippen LogP contribution in [0.15, 0.2) is 30.5 Å². The van der Waals surface area contributed by atoms with E-state index in [1.165, 1.54) is 23.5 Å². The maximum Gasteiger partial charge on any atom is 0.226 e. The minimum atomic E-state index is -0.241. The highest BCUT2D eigenvalue weighted by Crippen LogP contribution is 2.21. The van der Waals surface area contributed by atoms with Crippen LogP contribution < -0.4 is 11.1 Å². The van der Waals surface area contributed by atoms with Crippen LogP contribution in [-0.4, -0.2) is 17.4 Å². The van der Waals surface area contributed by atoms with Crippen LogP contribution in [-0.2, 0) is 11.2 Å². The fraction of sp³-hybridized carbons (Fsp3) is 0.412. The molecular formula is C17H22FN3OS. The molecule has 2 aromatic rings. The summed E-state index contributed by atoms with van der Waals surface area (Å²) in [4.78, 5) is 17.0. The number of hydrogen-bond acceptors (Lipinski definition) is 4. The number of nitrogens with two attached hydrogens (primary N) is 1. The van der Waals surface area contributed by atoms with Gasteiger partial charge in [-0.05, 0) is 37.1 Å². The van der Waals surface area contributed by atoms with E-state index in [2.05, 4.69) is 10.3 Å². The molecule has 0 bridgehead atoms. The highest BCUT2D eigenvalue weighted by Gasteiger charge is 2.07. The predicted molar refractivity (Wildman–Crippen MR) is 92.1 cm³/mol. The first-order chi connectivity index (χ1) is 11.2. The van der Waals surface area contributed by atoms with Gasteiger partial charge in [-0.15, -0.1) is 11.3 Å². The Morgan fingerprint density at radius 1 is 1.26 bits per heavy atom. The van der Waals surface area contributed by atoms with Crippen molar-refractivity contribution in [3.63, 3.8) is 0 Å². The molecule has 0 atom stereocenters. The van der Waals surface area contributed by atoms with Crippen molar-refractivity contribution in [1.29, 1.82) is 0 Å². The van der Waals surface area contributed by atoms with Crippen LogP contribution in [0, 0.1) is 5.82 Å². The molecule has 0 spiro atoms. The number of carbonyl (C=O) groups is 1. The lowest BCUT2D eigenvalue weighted by atomic mass is 10.1. The predicted octanol–water partition coefficient (Wildman–Crippen LogP) is 3.72. The number of unbranched alkanes of at least 4 members (excludes halogenated alkanes) is 3. The number of carbonyl (C=O) groups excluding carboxylic acids is 1. The monoisotopic (exact) mass is 335 g/mol. The van der Waals surface area contributed by atoms with Crippen LogP contribution in [0.2, 0.25) is 0 Å². The van der Waals surface area contributed by atoms with E-state index in [4.69, 9.17) is 5.73 Å². The summed E-state index contributed by atoms with van der Waals surface area (Å²) in [6.45, 7) is 0.708. The van der Waals surface area contributed by atoms with E-state index in [1.54, 1.807) is 12.3 Å². The van der Waals surface area contributed by atoms with Crippen molar-refractivity contribution in [3.05, 3.63) is 46.7 Å². The first-order valence-corrected chi connectivity index (χ1v) is 8.68. The normalized spacial score (nSPS) is 10.7. The molecule has 0 aliphatic heterocycles. The van der Waals surface area contributed by atoms with Crippen molar-refractivity contribution in [3.8, 4) is 0 Å². The van der Waals surface area contributed by atoms with Crippen LogP contribution in [0.25, 0.3) is 0 Å². The zero-order valence-electron chi connectivity index (χ0n) is 13.1. The standard InChI is InChI=1S/C17H22FN3OS/c18-14-7-5-6-13(10-14)11-15-12-20-17(23-15)21-16(22)8-3-1-2-4-9-19/h5-7,10,12H,1-4,8-9,11,19H2,(H,20,21,22). The van der Waals surface area contributed by atoms with Crippen LogP contribution in [0.5, 0.6) is 0 Å². The summed E-state index contributed by atoms with van der Waals surface area (Å²) in [5, 5.41) is 3.42. The topological polar surface area (TPSA) is 68.0 Å². The van der Waals surface area contributed by atoms with Crippen molar-refractivity contribution in [2.75, 3.05) is 11.9 Å². The summed E-state index contributed by atoms with van der Waals surface area (Å²) >= 11 is 1.43. The van der Waals surface area contributed by atoms with Gasteiger partial charge in [-0.2, -0.15) is 0 Å². The summed E-state index contributed by atoms with van der Waals surface area (Å²) in [5.74, 6) is -0.250. The fourth-order valence-electron chi connectivity index (χ4n) is 2.26. The van der Waals surface area contributed by atoms with Crippen molar-refractivity contribution in [2.45, 2.75) is 38.5 Å². The van der Waals surface area contributed by atoms with Crippen molar-refractivity contribution in [2.24, 2.45) is 5.73 Å². The second-order valence-electron chi connectivity index (χ2n) is 5.44. The zero-order valence-corrected chi connectivity index (χ0v) is 13.9. The fourth-order valence-corrected chi connectivity index (χ4v) is 3.12. The van der Waals surface area contributed by atoms with E-state index in [-0.39, 0.29) is 11.7 Å². The lowest BCUT2D eigenvalue weighted by Gasteiger charge is -2.01. The van der Waals surface area contributed by atoms with Crippen LogP contribution in [0.1, 0.15) is 42.5 Å². The lowest BCUT2D eigenvalue weighted by Crippen LogP contribution is -2.10. The third-order valence-corrected chi connectivity index (χ3v) is 4.34. The lowest BCUT2D eigenvalue weighted by molar-refractivity contribution is -0.116. The molecule has 0 saturated carbocycles. The molecule has 1 amide bonds. The maximum atomic E-state index is 13.2. The number of rotatable bonds is 9. The van der Waals surface area contributed by atoms with Gasteiger partial charge in [0.2, 0.25) is 5.91 Å². The molecule has 0 aliphatic carbocycles. The molecule has 0 fully saturated rings. The maximum absolute atomic E-state index is 13.2. The summed E-state index contributed by atoms with van der Waals surface area (Å²) in [6.07, 6.45) is 6.82. The van der Waals surface area contributed by atoms with E-state index >= 15 is 0 Å². The van der Waals surface area contributed by atoms with Gasteiger partial charge in [0.25, 0.3) is 0 Å². The quantitative estimate of drug-likeness (QED) is 0.686. The number of amides is 1. The number of hydrogen-bond donors (Lipinski definition) is 2. The molecular weight excluding hydrogens is 313 g/mol. The second-order valence-corrected chi connectivity index (χ2v) is 6.55. The van der Waals surface area contributed by atoms with E-state index in [1.807, 2.05) is 6.07 Å². The van der Waals surface area contributed by atoms with Gasteiger partial charge in [0, 0.05) is 23.9 Å². The largest absolute Gasteiger partial charge is 0.330 e. The molecule has 4 nitrogen and oxygen atoms in total. The Morgan fingerprint density at radius 3 is 2.87 bits per heavy atom. The molecule has 1 heterocycles. The van der Waals surface area contributed by atoms with Crippen LogP contribution >= 0.6 is 11.3 Å². The summed E-state index contributed by atoms with van der Waals surface area (Å²) in [5.41, 5.74) is 6.33. The number of anilines is 1. The van der Waals surface area contributed by atoms with E-state index in [0.29, 0.717) is 24.5 Å². The molecule has 0 saturated heterocycles. The molecule has 1 aromatic carbocycles. The van der Waals surface area contributed by atoms with Gasteiger partial charge >= 0.3 is 0 Å². The highest BCUT2D eigenvalue weighted by atomic mass is 32.1. The summed E-state index contributed by atoms with van der Waals surface area (Å²) in [6, 6.07) is 6.51. The molecule has 0 radical (unpaired) electrons. The first-order valence-electron chi connectivity index (χ1n) is 7.86. The number of aromatic nitrogens is 1. The minimum absolute atomic E-state index is 0.00981. The van der Waals surface area contributed by atoms with E-state index < -0.39 is 0 Å². The molecule has 6 heteroatoms. The number of halogens is 1. The zero-order chi connectivity index (χ0) is 16.5. The van der Waals surface area contributed by atoms with Crippen molar-refractivity contribution in [1.82, 2.24) is 4.98 Å². The second kappa shape index (κ2) is 9.37.